The van der Waals surface area contributed by atoms with Crippen LogP contribution in [0.3, 0.4) is 0 Å². The predicted octanol–water partition coefficient (Wildman–Crippen LogP) is -1.35. The molecule has 0 atom stereocenters. The van der Waals surface area contributed by atoms with Gasteiger partial charge in [-0.05, 0) is 0 Å². The zero-order chi connectivity index (χ0) is 15.4. The average Bonchev–Trinajstić information content (AvgIpc) is 2.13. The first-order valence-corrected chi connectivity index (χ1v) is 38.0. The van der Waals surface area contributed by atoms with E-state index in [9.17, 15) is 19.2 Å². The molecule has 0 rings (SSSR count). The number of amides is 2. The maximum absolute atomic E-state index is 11.9. The fraction of sp³-hybridized carbons (Fsp3) is 0. The van der Waals surface area contributed by atoms with Crippen LogP contribution >= 0.6 is 0 Å². The predicted molar refractivity (Wildman–Crippen MR) is 41.5 cm³/mol. The van der Waals surface area contributed by atoms with E-state index in [1.54, 1.807) is 0 Å². The number of hydrogen-bond acceptors (Lipinski definition) is 6. The van der Waals surface area contributed by atoms with Gasteiger partial charge in [-0.15, -0.1) is 0 Å². The minimum atomic E-state index is -5.87. The van der Waals surface area contributed by atoms with Crippen LogP contribution in [-0.4, -0.2) is 27.5 Å². The third kappa shape index (κ3) is 5.18. The summed E-state index contributed by atoms with van der Waals surface area (Å²) < 4.78 is 9.35. The van der Waals surface area contributed by atoms with Crippen LogP contribution in [0, 0.1) is 0 Å². The second-order valence-electron chi connectivity index (χ2n) is 2.52. The van der Waals surface area contributed by atoms with Gasteiger partial charge < -0.3 is 0 Å². The van der Waals surface area contributed by atoms with Crippen LogP contribution in [0.15, 0.2) is 0 Å². The molecule has 0 aromatic rings. The Balaban J connectivity index is 5.70. The third-order valence-corrected chi connectivity index (χ3v) is 21.7. The number of carbonyl (C=O) groups is 4. The molecule has 0 heterocycles. The van der Waals surface area contributed by atoms with E-state index in [4.69, 9.17) is 18.8 Å². The molecule has 0 bridgehead atoms. The second kappa shape index (κ2) is 8.63. The van der Waals surface area contributed by atoms with Crippen molar-refractivity contribution in [1.82, 2.24) is 7.75 Å². The van der Waals surface area contributed by atoms with E-state index >= 15 is 0 Å². The van der Waals surface area contributed by atoms with Crippen molar-refractivity contribution < 1.29 is 109 Å². The molecule has 0 spiro atoms. The molecular formula is C4H8N4O6W5. The van der Waals surface area contributed by atoms with Gasteiger partial charge in [0.2, 0.25) is 0 Å². The molecule has 0 aliphatic rings. The number of nitrogens with one attached hydrogen (secondary N) is 2. The van der Waals surface area contributed by atoms with Crippen LogP contribution < -0.4 is 16.3 Å². The van der Waals surface area contributed by atoms with Crippen molar-refractivity contribution in [2.24, 2.45) is 8.58 Å². The van der Waals surface area contributed by atoms with Crippen molar-refractivity contribution in [1.29, 1.82) is 0 Å². The Kier molecular flexibility index (Phi) is 9.19. The Hall–Kier alpha value is 1.24. The van der Waals surface area contributed by atoms with E-state index in [-0.39, 0.29) is 0 Å². The molecule has 0 aromatic carbocycles. The van der Waals surface area contributed by atoms with Gasteiger partial charge >= 0.3 is 142 Å². The van der Waals surface area contributed by atoms with Gasteiger partial charge in [0.25, 0.3) is 0 Å². The molecular weight excluding hydrogens is 1120 g/mol. The molecule has 110 valence electrons. The fourth-order valence-corrected chi connectivity index (χ4v) is 36.8. The van der Waals surface area contributed by atoms with Gasteiger partial charge in [-0.3, -0.25) is 0 Å². The molecule has 0 aromatic heterocycles. The quantitative estimate of drug-likeness (QED) is 0.189. The Morgan fingerprint density at radius 1 is 0.895 bits per heavy atom. The van der Waals surface area contributed by atoms with Crippen molar-refractivity contribution in [3.63, 3.8) is 0 Å². The van der Waals surface area contributed by atoms with Gasteiger partial charge in [-0.25, -0.2) is 0 Å². The summed E-state index contributed by atoms with van der Waals surface area (Å²) in [5, 5.41) is 18.3. The van der Waals surface area contributed by atoms with Crippen molar-refractivity contribution in [2.45, 2.75) is 0 Å². The topological polar surface area (TPSA) is 185 Å². The van der Waals surface area contributed by atoms with E-state index in [1.807, 2.05) is 0 Å². The summed E-state index contributed by atoms with van der Waals surface area (Å²) in [7, 11) is 0. The molecule has 10 nitrogen and oxygen atoms in total. The molecule has 0 aliphatic carbocycles. The maximum atomic E-state index is 11.9. The van der Waals surface area contributed by atoms with Crippen LogP contribution in [0.25, 0.3) is 0 Å². The molecule has 0 aliphatic heterocycles. The Labute approximate surface area is 140 Å². The first-order chi connectivity index (χ1) is 8.56. The number of carbonyl (C=O) groups excluding carboxylic acids is 2. The van der Waals surface area contributed by atoms with Crippen LogP contribution in [0.4, 0.5) is 19.2 Å². The monoisotopic (exact) mass is 1130 g/mol. The summed E-state index contributed by atoms with van der Waals surface area (Å²) in [6.45, 7) is 0. The molecule has 15 heteroatoms. The van der Waals surface area contributed by atoms with E-state index in [2.05, 4.69) is 7.75 Å². The summed E-state index contributed by atoms with van der Waals surface area (Å²) in [4.78, 5) is 46.4. The first kappa shape index (κ1) is 20.2. The zero-order valence-corrected chi connectivity index (χ0v) is 23.4. The average molecular weight is 1130 g/mol. The molecule has 0 saturated carbocycles. The summed E-state index contributed by atoms with van der Waals surface area (Å²) >= 11 is -9.44. The van der Waals surface area contributed by atoms with Crippen molar-refractivity contribution in [3.05, 3.63) is 0 Å². The zero-order valence-electron chi connectivity index (χ0n) is 8.72. The number of carboxylic acid groups (broad SMARTS) is 2. The SMILES string of the molecule is [NH2][W]([W])[NH][C](=O)[W]([C](=O)O)([C](=O)O)[C](=O)[NH][W]([NH2])[W]. The summed E-state index contributed by atoms with van der Waals surface area (Å²) in [6, 6.07) is 0. The Bertz CT molecular complexity index is 376. The van der Waals surface area contributed by atoms with Gasteiger partial charge in [0.15, 0.2) is 0 Å². The van der Waals surface area contributed by atoms with Crippen LogP contribution in [-0.2, 0) is 79.3 Å². The van der Waals surface area contributed by atoms with E-state index in [1.165, 1.54) is 0 Å². The minimum absolute atomic E-state index is 0.897. The number of hydrogen-bond donors (Lipinski definition) is 6. The van der Waals surface area contributed by atoms with E-state index < -0.39 is 63.0 Å². The standard InChI is InChI=1S/2CHNO.2CHO2.2H2N.5W/c4*2-1-3;;;;;;;/h2*(H-,2,3);2*(H,2,3);2*1H2;;;;;/q2*-1;;;2*-1;;;;2*+2. The van der Waals surface area contributed by atoms with Crippen LogP contribution in [0.2, 0.25) is 0 Å². The third-order valence-electron chi connectivity index (χ3n) is 1.45. The van der Waals surface area contributed by atoms with Gasteiger partial charge in [-0.1, -0.05) is 0 Å². The van der Waals surface area contributed by atoms with Gasteiger partial charge in [0.1, 0.15) is 0 Å². The van der Waals surface area contributed by atoms with Gasteiger partial charge in [0, 0.05) is 0 Å². The summed E-state index contributed by atoms with van der Waals surface area (Å²) in [5.74, 6) is 0. The number of rotatable bonds is 6. The Morgan fingerprint density at radius 2 is 1.16 bits per heavy atom. The fourth-order valence-electron chi connectivity index (χ4n) is 0.765. The number of nitrogens with two attached hydrogens (primary N) is 2. The molecule has 0 radical (unpaired) electrons. The normalized spacial score (nSPS) is 12.0. The van der Waals surface area contributed by atoms with Gasteiger partial charge in [-0.2, -0.15) is 0 Å². The first-order valence-electron chi connectivity index (χ1n) is 3.79. The second-order valence-corrected chi connectivity index (χ2v) is 39.0. The van der Waals surface area contributed by atoms with Crippen LogP contribution in [0.1, 0.15) is 0 Å². The van der Waals surface area contributed by atoms with Crippen molar-refractivity contribution in [3.8, 4) is 0 Å². The Morgan fingerprint density at radius 3 is 1.32 bits per heavy atom. The molecule has 0 unspecified atom stereocenters. The molecule has 19 heavy (non-hydrogen) atoms. The van der Waals surface area contributed by atoms with Crippen molar-refractivity contribution >= 4 is 17.3 Å². The van der Waals surface area contributed by atoms with Crippen molar-refractivity contribution in [2.75, 3.05) is 0 Å². The molecule has 2 amide bonds. The molecule has 0 saturated heterocycles. The van der Waals surface area contributed by atoms with Gasteiger partial charge in [0.05, 0.1) is 0 Å². The molecule has 8 N–H and O–H groups in total. The van der Waals surface area contributed by atoms with Crippen LogP contribution in [0.5, 0.6) is 0 Å². The summed E-state index contributed by atoms with van der Waals surface area (Å²) in [5.41, 5.74) is 0. The van der Waals surface area contributed by atoms with E-state index in [0.717, 1.165) is 33.6 Å². The van der Waals surface area contributed by atoms with E-state index in [0.29, 0.717) is 0 Å². The summed E-state index contributed by atoms with van der Waals surface area (Å²) in [6.07, 6.45) is 0. The molecule has 0 fully saturated rings.